The van der Waals surface area contributed by atoms with Crippen LogP contribution in [0.2, 0.25) is 5.02 Å². The molecule has 0 amide bonds. The van der Waals surface area contributed by atoms with E-state index in [9.17, 15) is 9.50 Å². The fourth-order valence-electron chi connectivity index (χ4n) is 2.26. The van der Waals surface area contributed by atoms with Crippen LogP contribution in [0.25, 0.3) is 0 Å². The molecule has 17 heavy (non-hydrogen) atoms. The molecule has 1 fully saturated rings. The minimum Gasteiger partial charge on any atom is -0.391 e. The van der Waals surface area contributed by atoms with Gasteiger partial charge in [-0.25, -0.2) is 4.39 Å². The summed E-state index contributed by atoms with van der Waals surface area (Å²) in [5.41, 5.74) is 0.784. The predicted octanol–water partition coefficient (Wildman–Crippen LogP) is 2.52. The molecule has 2 N–H and O–H groups in total. The summed E-state index contributed by atoms with van der Waals surface area (Å²) in [6.07, 6.45) is 3.29. The fraction of sp³-hybridized carbons (Fsp3) is 0.538. The highest BCUT2D eigenvalue weighted by molar-refractivity contribution is 6.30. The Morgan fingerprint density at radius 1 is 1.47 bits per heavy atom. The highest BCUT2D eigenvalue weighted by atomic mass is 35.5. The Balaban J connectivity index is 1.96. The summed E-state index contributed by atoms with van der Waals surface area (Å²) in [6, 6.07) is 4.82. The molecule has 1 aromatic carbocycles. The van der Waals surface area contributed by atoms with Gasteiger partial charge in [-0.15, -0.1) is 0 Å². The first kappa shape index (κ1) is 12.8. The molecule has 0 saturated carbocycles. The van der Waals surface area contributed by atoms with E-state index >= 15 is 0 Å². The lowest BCUT2D eigenvalue weighted by molar-refractivity contribution is 0.113. The van der Waals surface area contributed by atoms with E-state index in [0.717, 1.165) is 24.9 Å². The molecule has 0 spiro atoms. The second-order valence-corrected chi connectivity index (χ2v) is 4.98. The van der Waals surface area contributed by atoms with E-state index in [4.69, 9.17) is 11.6 Å². The van der Waals surface area contributed by atoms with Crippen LogP contribution in [0.5, 0.6) is 0 Å². The maximum absolute atomic E-state index is 13.2. The van der Waals surface area contributed by atoms with Gasteiger partial charge in [0.05, 0.1) is 11.1 Å². The molecule has 0 aliphatic carbocycles. The molecule has 94 valence electrons. The van der Waals surface area contributed by atoms with Crippen LogP contribution < -0.4 is 5.32 Å². The van der Waals surface area contributed by atoms with Crippen molar-refractivity contribution in [3.05, 3.63) is 34.6 Å². The lowest BCUT2D eigenvalue weighted by Gasteiger charge is -2.28. The minimum atomic E-state index is -0.462. The third kappa shape index (κ3) is 3.41. The second-order valence-electron chi connectivity index (χ2n) is 4.58. The number of rotatable bonds is 3. The number of hydrogen-bond acceptors (Lipinski definition) is 2. The van der Waals surface area contributed by atoms with Crippen molar-refractivity contribution < 1.29 is 9.50 Å². The molecular formula is C13H17ClFNO. The molecule has 0 radical (unpaired) electrons. The summed E-state index contributed by atoms with van der Waals surface area (Å²) in [4.78, 5) is 0. The first-order valence-corrected chi connectivity index (χ1v) is 6.40. The molecule has 1 heterocycles. The van der Waals surface area contributed by atoms with E-state index in [0.29, 0.717) is 6.42 Å². The van der Waals surface area contributed by atoms with Gasteiger partial charge in [0, 0.05) is 6.04 Å². The van der Waals surface area contributed by atoms with Gasteiger partial charge >= 0.3 is 0 Å². The number of benzene rings is 1. The van der Waals surface area contributed by atoms with Crippen LogP contribution in [-0.2, 0) is 6.42 Å². The lowest BCUT2D eigenvalue weighted by atomic mass is 9.95. The highest BCUT2D eigenvalue weighted by Gasteiger charge is 2.21. The molecule has 1 aliphatic rings. The zero-order chi connectivity index (χ0) is 12.3. The maximum atomic E-state index is 13.2. The second kappa shape index (κ2) is 5.80. The van der Waals surface area contributed by atoms with Crippen molar-refractivity contribution in [3.63, 3.8) is 0 Å². The largest absolute Gasteiger partial charge is 0.391 e. The van der Waals surface area contributed by atoms with Crippen LogP contribution in [0.15, 0.2) is 18.2 Å². The molecule has 2 unspecified atom stereocenters. The molecule has 2 rings (SSSR count). The van der Waals surface area contributed by atoms with Crippen molar-refractivity contribution in [1.29, 1.82) is 0 Å². The lowest BCUT2D eigenvalue weighted by Crippen LogP contribution is -2.44. The summed E-state index contributed by atoms with van der Waals surface area (Å²) in [5, 5.41) is 13.5. The Hall–Kier alpha value is -0.640. The van der Waals surface area contributed by atoms with Crippen molar-refractivity contribution in [2.45, 2.75) is 37.8 Å². The normalized spacial score (nSPS) is 22.4. The van der Waals surface area contributed by atoms with Crippen LogP contribution in [0.1, 0.15) is 24.8 Å². The Kier molecular flexibility index (Phi) is 4.37. The molecule has 1 aliphatic heterocycles. The zero-order valence-electron chi connectivity index (χ0n) is 9.63. The van der Waals surface area contributed by atoms with E-state index in [1.54, 1.807) is 6.07 Å². The van der Waals surface area contributed by atoms with Gasteiger partial charge in [-0.1, -0.05) is 24.1 Å². The first-order chi connectivity index (χ1) is 8.16. The molecular weight excluding hydrogens is 241 g/mol. The van der Waals surface area contributed by atoms with Crippen molar-refractivity contribution >= 4 is 11.6 Å². The Bertz CT molecular complexity index is 380. The van der Waals surface area contributed by atoms with Gasteiger partial charge in [-0.05, 0) is 43.5 Å². The third-order valence-corrected chi connectivity index (χ3v) is 3.55. The van der Waals surface area contributed by atoms with Gasteiger partial charge in [0.15, 0.2) is 0 Å². The fourth-order valence-corrected chi connectivity index (χ4v) is 2.38. The van der Waals surface area contributed by atoms with Crippen molar-refractivity contribution in [3.8, 4) is 0 Å². The third-order valence-electron chi connectivity index (χ3n) is 3.24. The number of hydrogen-bond donors (Lipinski definition) is 2. The van der Waals surface area contributed by atoms with E-state index in [2.05, 4.69) is 5.32 Å². The number of aliphatic hydroxyl groups is 1. The van der Waals surface area contributed by atoms with E-state index < -0.39 is 11.9 Å². The number of piperidine rings is 1. The average molecular weight is 258 g/mol. The van der Waals surface area contributed by atoms with Gasteiger partial charge in [-0.2, -0.15) is 0 Å². The number of halogens is 2. The maximum Gasteiger partial charge on any atom is 0.142 e. The quantitative estimate of drug-likeness (QED) is 0.872. The van der Waals surface area contributed by atoms with E-state index in [1.165, 1.54) is 18.6 Å². The van der Waals surface area contributed by atoms with Crippen molar-refractivity contribution in [2.24, 2.45) is 0 Å². The summed E-state index contributed by atoms with van der Waals surface area (Å²) < 4.78 is 13.2. The average Bonchev–Trinajstić information content (AvgIpc) is 2.35. The molecule has 1 aromatic rings. The van der Waals surface area contributed by atoms with Crippen LogP contribution in [0.4, 0.5) is 4.39 Å². The summed E-state index contributed by atoms with van der Waals surface area (Å²) in [5.74, 6) is -0.423. The molecule has 1 saturated heterocycles. The highest BCUT2D eigenvalue weighted by Crippen LogP contribution is 2.18. The monoisotopic (exact) mass is 257 g/mol. The smallest absolute Gasteiger partial charge is 0.142 e. The van der Waals surface area contributed by atoms with E-state index in [-0.39, 0.29) is 11.1 Å². The van der Waals surface area contributed by atoms with Gasteiger partial charge in [0.25, 0.3) is 0 Å². The Morgan fingerprint density at radius 3 is 2.94 bits per heavy atom. The van der Waals surface area contributed by atoms with Crippen LogP contribution in [-0.4, -0.2) is 23.8 Å². The molecule has 4 heteroatoms. The molecule has 0 bridgehead atoms. The first-order valence-electron chi connectivity index (χ1n) is 6.02. The van der Waals surface area contributed by atoms with Crippen LogP contribution in [0, 0.1) is 5.82 Å². The van der Waals surface area contributed by atoms with Crippen LogP contribution in [0.3, 0.4) is 0 Å². The number of aliphatic hydroxyl groups excluding tert-OH is 1. The standard InChI is InChI=1S/C13H17ClFNO/c14-10-5-4-9(7-11(10)15)8-13(17)12-3-1-2-6-16-12/h4-5,7,12-13,16-17H,1-3,6,8H2. The summed E-state index contributed by atoms with van der Waals surface area (Å²) in [6.45, 7) is 0.955. The van der Waals surface area contributed by atoms with Gasteiger partial charge < -0.3 is 10.4 Å². The SMILES string of the molecule is OC(Cc1ccc(Cl)c(F)c1)C1CCCCN1. The zero-order valence-corrected chi connectivity index (χ0v) is 10.4. The van der Waals surface area contributed by atoms with Gasteiger partial charge in [0.1, 0.15) is 5.82 Å². The topological polar surface area (TPSA) is 32.3 Å². The minimum absolute atomic E-state index is 0.124. The molecule has 2 atom stereocenters. The van der Waals surface area contributed by atoms with Crippen molar-refractivity contribution in [1.82, 2.24) is 5.32 Å². The van der Waals surface area contributed by atoms with Crippen LogP contribution >= 0.6 is 11.6 Å². The van der Waals surface area contributed by atoms with E-state index in [1.807, 2.05) is 0 Å². The van der Waals surface area contributed by atoms with Crippen molar-refractivity contribution in [2.75, 3.05) is 6.54 Å². The summed E-state index contributed by atoms with van der Waals surface area (Å²) in [7, 11) is 0. The van der Waals surface area contributed by atoms with Gasteiger partial charge in [0.2, 0.25) is 0 Å². The Morgan fingerprint density at radius 2 is 2.29 bits per heavy atom. The van der Waals surface area contributed by atoms with Gasteiger partial charge in [-0.3, -0.25) is 0 Å². The molecule has 2 nitrogen and oxygen atoms in total. The Labute approximate surface area is 106 Å². The summed E-state index contributed by atoms with van der Waals surface area (Å²) >= 11 is 5.62. The predicted molar refractivity (Wildman–Crippen MR) is 66.8 cm³/mol. The number of nitrogens with one attached hydrogen (secondary N) is 1. The molecule has 0 aromatic heterocycles.